The third-order valence-electron chi connectivity index (χ3n) is 3.48. The van der Waals surface area contributed by atoms with Crippen molar-refractivity contribution in [1.29, 1.82) is 0 Å². The van der Waals surface area contributed by atoms with Gasteiger partial charge in [-0.15, -0.1) is 0 Å². The fraction of sp³-hybridized carbons (Fsp3) is 0.118. The summed E-state index contributed by atoms with van der Waals surface area (Å²) in [5.74, 6) is -0.457. The van der Waals surface area contributed by atoms with Crippen LogP contribution in [0, 0.1) is 6.92 Å². The van der Waals surface area contributed by atoms with Crippen molar-refractivity contribution < 1.29 is 20.4 Å². The van der Waals surface area contributed by atoms with Crippen LogP contribution < -0.4 is 5.32 Å². The number of aromatic hydroxyl groups is 4. The summed E-state index contributed by atoms with van der Waals surface area (Å²) < 4.78 is 0.923. The van der Waals surface area contributed by atoms with Crippen LogP contribution in [-0.2, 0) is 6.54 Å². The van der Waals surface area contributed by atoms with Crippen LogP contribution in [0.2, 0.25) is 0 Å². The van der Waals surface area contributed by atoms with Gasteiger partial charge in [0.15, 0.2) is 11.5 Å². The van der Waals surface area contributed by atoms with E-state index in [2.05, 4.69) is 37.2 Å². The van der Waals surface area contributed by atoms with E-state index in [4.69, 9.17) is 12.2 Å². The molecular formula is C17H15Br2NO4S. The molecule has 132 valence electrons. The van der Waals surface area contributed by atoms with E-state index in [-0.39, 0.29) is 23.0 Å². The number of hydrogen-bond donors (Lipinski definition) is 5. The highest BCUT2D eigenvalue weighted by atomic mass is 79.9. The van der Waals surface area contributed by atoms with Gasteiger partial charge in [0.25, 0.3) is 0 Å². The zero-order valence-corrected chi connectivity index (χ0v) is 17.0. The van der Waals surface area contributed by atoms with Crippen LogP contribution >= 0.6 is 44.1 Å². The number of hydrogen-bond acceptors (Lipinski definition) is 5. The zero-order valence-electron chi connectivity index (χ0n) is 13.0. The Balaban J connectivity index is 2.07. The average Bonchev–Trinajstić information content (AvgIpc) is 2.57. The molecule has 25 heavy (non-hydrogen) atoms. The van der Waals surface area contributed by atoms with Crippen LogP contribution in [0.25, 0.3) is 6.08 Å². The number of phenols is 4. The topological polar surface area (TPSA) is 93.0 Å². The van der Waals surface area contributed by atoms with E-state index in [0.29, 0.717) is 37.2 Å². The first-order valence-electron chi connectivity index (χ1n) is 7.08. The second-order valence-corrected chi connectivity index (χ2v) is 7.30. The summed E-state index contributed by atoms with van der Waals surface area (Å²) in [7, 11) is 0. The molecule has 2 aromatic rings. The minimum Gasteiger partial charge on any atom is -0.508 e. The quantitative estimate of drug-likeness (QED) is 0.247. The lowest BCUT2D eigenvalue weighted by Crippen LogP contribution is -2.18. The van der Waals surface area contributed by atoms with E-state index in [1.54, 1.807) is 31.2 Å². The van der Waals surface area contributed by atoms with Gasteiger partial charge in [0.1, 0.15) is 11.5 Å². The first kappa shape index (κ1) is 19.6. The lowest BCUT2D eigenvalue weighted by Gasteiger charge is -2.09. The molecule has 0 saturated heterocycles. The van der Waals surface area contributed by atoms with E-state index in [0.717, 1.165) is 0 Å². The molecule has 0 spiro atoms. The second kappa shape index (κ2) is 8.07. The summed E-state index contributed by atoms with van der Waals surface area (Å²) in [6.07, 6.45) is 3.31. The van der Waals surface area contributed by atoms with Gasteiger partial charge >= 0.3 is 0 Å². The summed E-state index contributed by atoms with van der Waals surface area (Å²) in [6.45, 7) is 1.95. The minimum atomic E-state index is -0.251. The number of halogens is 2. The van der Waals surface area contributed by atoms with Gasteiger partial charge in [-0.2, -0.15) is 0 Å². The van der Waals surface area contributed by atoms with Crippen molar-refractivity contribution in [2.24, 2.45) is 0 Å². The average molecular weight is 489 g/mol. The number of rotatable bonds is 4. The van der Waals surface area contributed by atoms with Crippen molar-refractivity contribution in [3.8, 4) is 23.0 Å². The Morgan fingerprint density at radius 3 is 2.24 bits per heavy atom. The molecule has 0 aliphatic rings. The number of benzene rings is 2. The Bertz CT molecular complexity index is 845. The molecule has 0 fully saturated rings. The Morgan fingerprint density at radius 1 is 1.04 bits per heavy atom. The molecule has 8 heteroatoms. The van der Waals surface area contributed by atoms with E-state index in [1.165, 1.54) is 6.07 Å². The van der Waals surface area contributed by atoms with E-state index in [9.17, 15) is 20.4 Å². The Kier molecular flexibility index (Phi) is 6.31. The largest absolute Gasteiger partial charge is 0.508 e. The van der Waals surface area contributed by atoms with Crippen LogP contribution in [0.3, 0.4) is 0 Å². The molecule has 0 saturated carbocycles. The fourth-order valence-corrected chi connectivity index (χ4v) is 3.01. The Hall–Kier alpha value is -1.77. The molecule has 0 heterocycles. The molecule has 0 atom stereocenters. The summed E-state index contributed by atoms with van der Waals surface area (Å²) in [6, 6.07) is 4.51. The molecule has 2 rings (SSSR count). The van der Waals surface area contributed by atoms with Crippen molar-refractivity contribution in [2.75, 3.05) is 0 Å². The fourth-order valence-electron chi connectivity index (χ4n) is 2.00. The summed E-state index contributed by atoms with van der Waals surface area (Å²) in [5.41, 5.74) is 1.73. The third kappa shape index (κ3) is 4.65. The number of thiocarbonyl (C=S) groups is 1. The summed E-state index contributed by atoms with van der Waals surface area (Å²) >= 11 is 11.7. The van der Waals surface area contributed by atoms with Crippen molar-refractivity contribution in [1.82, 2.24) is 5.32 Å². The van der Waals surface area contributed by atoms with E-state index in [1.807, 2.05) is 0 Å². The predicted molar refractivity (Wildman–Crippen MR) is 108 cm³/mol. The number of phenolic OH excluding ortho intramolecular Hbond substituents is 4. The predicted octanol–water partition coefficient (Wildman–Crippen LogP) is 4.47. The highest BCUT2D eigenvalue weighted by Gasteiger charge is 2.12. The van der Waals surface area contributed by atoms with Crippen molar-refractivity contribution >= 4 is 55.1 Å². The van der Waals surface area contributed by atoms with Crippen LogP contribution in [0.4, 0.5) is 0 Å². The van der Waals surface area contributed by atoms with Crippen LogP contribution in [0.5, 0.6) is 23.0 Å². The standard InChI is InChI=1S/C17H15Br2NO4S/c1-8-11(21)4-9(5-12(8)22)7-20-14(25)3-2-10-6-13(23)17(24)16(19)15(10)18/h2-6,21-24H,7H2,1H3,(H,20,25)/b3-2+. The first-order valence-corrected chi connectivity index (χ1v) is 9.07. The minimum absolute atomic E-state index is 0.0200. The normalized spacial score (nSPS) is 11.0. The second-order valence-electron chi connectivity index (χ2n) is 5.27. The molecule has 0 unspecified atom stereocenters. The molecule has 2 aromatic carbocycles. The van der Waals surface area contributed by atoms with E-state index < -0.39 is 0 Å². The first-order chi connectivity index (χ1) is 11.7. The maximum absolute atomic E-state index is 9.71. The highest BCUT2D eigenvalue weighted by Crippen LogP contribution is 2.41. The van der Waals surface area contributed by atoms with Crippen LogP contribution in [0.15, 0.2) is 33.2 Å². The molecule has 0 radical (unpaired) electrons. The molecule has 0 aliphatic heterocycles. The molecule has 0 aromatic heterocycles. The van der Waals surface area contributed by atoms with Gasteiger partial charge in [-0.25, -0.2) is 0 Å². The molecule has 5 nitrogen and oxygen atoms in total. The Labute approximate surface area is 166 Å². The van der Waals surface area contributed by atoms with Gasteiger partial charge in [-0.1, -0.05) is 18.3 Å². The molecular weight excluding hydrogens is 474 g/mol. The third-order valence-corrected chi connectivity index (χ3v) is 5.92. The van der Waals surface area contributed by atoms with Gasteiger partial charge in [-0.05, 0) is 74.2 Å². The molecule has 0 aliphatic carbocycles. The van der Waals surface area contributed by atoms with Crippen molar-refractivity contribution in [3.63, 3.8) is 0 Å². The van der Waals surface area contributed by atoms with Crippen molar-refractivity contribution in [3.05, 3.63) is 49.9 Å². The molecule has 0 amide bonds. The van der Waals surface area contributed by atoms with Gasteiger partial charge in [0, 0.05) is 16.6 Å². The van der Waals surface area contributed by atoms with Gasteiger partial charge < -0.3 is 25.7 Å². The maximum Gasteiger partial charge on any atom is 0.173 e. The molecule has 0 bridgehead atoms. The molecule has 5 N–H and O–H groups in total. The van der Waals surface area contributed by atoms with Crippen molar-refractivity contribution in [2.45, 2.75) is 13.5 Å². The number of nitrogens with one attached hydrogen (secondary N) is 1. The summed E-state index contributed by atoms with van der Waals surface area (Å²) in [5, 5.41) is 41.7. The lowest BCUT2D eigenvalue weighted by molar-refractivity contribution is 0.401. The Morgan fingerprint density at radius 2 is 1.64 bits per heavy atom. The van der Waals surface area contributed by atoms with Crippen LogP contribution in [0.1, 0.15) is 16.7 Å². The van der Waals surface area contributed by atoms with Gasteiger partial charge in [0.2, 0.25) is 0 Å². The maximum atomic E-state index is 9.71. The summed E-state index contributed by atoms with van der Waals surface area (Å²) in [4.78, 5) is 0.426. The SMILES string of the molecule is Cc1c(O)cc(CNC(=S)/C=C/c2cc(O)c(O)c(Br)c2Br)cc1O. The smallest absolute Gasteiger partial charge is 0.173 e. The monoisotopic (exact) mass is 487 g/mol. The van der Waals surface area contributed by atoms with Gasteiger partial charge in [-0.3, -0.25) is 0 Å². The zero-order chi connectivity index (χ0) is 18.7. The van der Waals surface area contributed by atoms with Gasteiger partial charge in [0.05, 0.1) is 9.46 Å². The highest BCUT2D eigenvalue weighted by molar-refractivity contribution is 9.13. The van der Waals surface area contributed by atoms with E-state index >= 15 is 0 Å². The lowest BCUT2D eigenvalue weighted by atomic mass is 10.1. The van der Waals surface area contributed by atoms with Crippen LogP contribution in [-0.4, -0.2) is 25.4 Å².